The SMILES string of the molecule is CCCCC(=O)C(C)CCCC(C)C. The topological polar surface area (TPSA) is 17.1 Å². The molecule has 1 heteroatoms. The number of rotatable bonds is 8. The lowest BCUT2D eigenvalue weighted by Crippen LogP contribution is -2.10. The molecule has 0 aromatic rings. The first-order valence-corrected chi connectivity index (χ1v) is 6.10. The maximum absolute atomic E-state index is 11.6. The Bertz CT molecular complexity index is 149. The molecule has 0 amide bonds. The summed E-state index contributed by atoms with van der Waals surface area (Å²) in [6.07, 6.45) is 6.53. The van der Waals surface area contributed by atoms with Gasteiger partial charge in [0.15, 0.2) is 0 Å². The zero-order valence-corrected chi connectivity index (χ0v) is 10.3. The molecule has 0 aromatic carbocycles. The van der Waals surface area contributed by atoms with Crippen molar-refractivity contribution in [2.75, 3.05) is 0 Å². The predicted molar refractivity (Wildman–Crippen MR) is 62.4 cm³/mol. The smallest absolute Gasteiger partial charge is 0.135 e. The average molecular weight is 198 g/mol. The Hall–Kier alpha value is -0.330. The number of hydrogen-bond donors (Lipinski definition) is 0. The first-order chi connectivity index (χ1) is 6.57. The van der Waals surface area contributed by atoms with Crippen LogP contribution in [0.25, 0.3) is 0 Å². The van der Waals surface area contributed by atoms with Gasteiger partial charge in [-0.3, -0.25) is 4.79 Å². The van der Waals surface area contributed by atoms with Crippen molar-refractivity contribution in [2.45, 2.75) is 66.2 Å². The van der Waals surface area contributed by atoms with E-state index in [9.17, 15) is 4.79 Å². The van der Waals surface area contributed by atoms with Gasteiger partial charge >= 0.3 is 0 Å². The van der Waals surface area contributed by atoms with Gasteiger partial charge in [-0.2, -0.15) is 0 Å². The molecule has 0 fully saturated rings. The minimum absolute atomic E-state index is 0.292. The van der Waals surface area contributed by atoms with Crippen molar-refractivity contribution in [1.29, 1.82) is 0 Å². The van der Waals surface area contributed by atoms with Crippen molar-refractivity contribution in [2.24, 2.45) is 11.8 Å². The van der Waals surface area contributed by atoms with Crippen LogP contribution in [0.1, 0.15) is 66.2 Å². The molecule has 0 bridgehead atoms. The Kier molecular flexibility index (Phi) is 7.83. The molecular formula is C13H26O. The second kappa shape index (κ2) is 8.02. The number of unbranched alkanes of at least 4 members (excludes halogenated alkanes) is 1. The minimum atomic E-state index is 0.292. The Morgan fingerprint density at radius 2 is 1.71 bits per heavy atom. The molecule has 0 aliphatic heterocycles. The molecular weight excluding hydrogens is 172 g/mol. The minimum Gasteiger partial charge on any atom is -0.299 e. The van der Waals surface area contributed by atoms with E-state index in [1.54, 1.807) is 0 Å². The fraction of sp³-hybridized carbons (Fsp3) is 0.923. The van der Waals surface area contributed by atoms with Crippen molar-refractivity contribution >= 4 is 5.78 Å². The van der Waals surface area contributed by atoms with Crippen LogP contribution in [-0.4, -0.2) is 5.78 Å². The zero-order valence-electron chi connectivity index (χ0n) is 10.3. The second-order valence-electron chi connectivity index (χ2n) is 4.80. The van der Waals surface area contributed by atoms with Crippen molar-refractivity contribution in [3.8, 4) is 0 Å². The van der Waals surface area contributed by atoms with E-state index in [0.717, 1.165) is 31.6 Å². The van der Waals surface area contributed by atoms with E-state index in [0.29, 0.717) is 11.7 Å². The average Bonchev–Trinajstić information content (AvgIpc) is 2.13. The Labute approximate surface area is 89.3 Å². The van der Waals surface area contributed by atoms with Crippen LogP contribution >= 0.6 is 0 Å². The van der Waals surface area contributed by atoms with Crippen LogP contribution in [0.15, 0.2) is 0 Å². The van der Waals surface area contributed by atoms with Gasteiger partial charge in [0.25, 0.3) is 0 Å². The molecule has 0 aliphatic carbocycles. The van der Waals surface area contributed by atoms with Gasteiger partial charge in [-0.15, -0.1) is 0 Å². The highest BCUT2D eigenvalue weighted by molar-refractivity contribution is 5.80. The second-order valence-corrected chi connectivity index (χ2v) is 4.80. The summed E-state index contributed by atoms with van der Waals surface area (Å²) in [4.78, 5) is 11.6. The van der Waals surface area contributed by atoms with Crippen molar-refractivity contribution < 1.29 is 4.79 Å². The largest absolute Gasteiger partial charge is 0.299 e. The van der Waals surface area contributed by atoms with Gasteiger partial charge < -0.3 is 0 Å². The lowest BCUT2D eigenvalue weighted by molar-refractivity contribution is -0.122. The highest BCUT2D eigenvalue weighted by atomic mass is 16.1. The van der Waals surface area contributed by atoms with Crippen LogP contribution in [0, 0.1) is 11.8 Å². The fourth-order valence-corrected chi connectivity index (χ4v) is 1.59. The monoisotopic (exact) mass is 198 g/mol. The molecule has 1 nitrogen and oxygen atoms in total. The van der Waals surface area contributed by atoms with Crippen LogP contribution in [0.5, 0.6) is 0 Å². The molecule has 14 heavy (non-hydrogen) atoms. The summed E-state index contributed by atoms with van der Waals surface area (Å²) in [6.45, 7) is 8.70. The molecule has 0 heterocycles. The summed E-state index contributed by atoms with van der Waals surface area (Å²) in [7, 11) is 0. The van der Waals surface area contributed by atoms with Crippen molar-refractivity contribution in [3.05, 3.63) is 0 Å². The van der Waals surface area contributed by atoms with Gasteiger partial charge in [-0.1, -0.05) is 47.0 Å². The van der Waals surface area contributed by atoms with Crippen LogP contribution in [0.4, 0.5) is 0 Å². The van der Waals surface area contributed by atoms with Gasteiger partial charge in [-0.25, -0.2) is 0 Å². The summed E-state index contributed by atoms with van der Waals surface area (Å²) in [5.41, 5.74) is 0. The molecule has 0 spiro atoms. The summed E-state index contributed by atoms with van der Waals surface area (Å²) >= 11 is 0. The highest BCUT2D eigenvalue weighted by Gasteiger charge is 2.11. The molecule has 0 saturated carbocycles. The van der Waals surface area contributed by atoms with E-state index in [2.05, 4.69) is 27.7 Å². The molecule has 0 aromatic heterocycles. The standard InChI is InChI=1S/C13H26O/c1-5-6-10-13(14)12(4)9-7-8-11(2)3/h11-12H,5-10H2,1-4H3. The lowest BCUT2D eigenvalue weighted by atomic mass is 9.94. The van der Waals surface area contributed by atoms with E-state index in [-0.39, 0.29) is 0 Å². The Morgan fingerprint density at radius 3 is 2.21 bits per heavy atom. The molecule has 1 atom stereocenters. The molecule has 0 N–H and O–H groups in total. The Morgan fingerprint density at radius 1 is 1.07 bits per heavy atom. The first-order valence-electron chi connectivity index (χ1n) is 6.10. The normalized spacial score (nSPS) is 13.2. The van der Waals surface area contributed by atoms with E-state index in [4.69, 9.17) is 0 Å². The maximum Gasteiger partial charge on any atom is 0.135 e. The number of Topliss-reactive ketones (excluding diaryl/α,β-unsaturated/α-hetero) is 1. The lowest BCUT2D eigenvalue weighted by Gasteiger charge is -2.10. The van der Waals surface area contributed by atoms with Crippen LogP contribution in [-0.2, 0) is 4.79 Å². The zero-order chi connectivity index (χ0) is 11.0. The summed E-state index contributed by atoms with van der Waals surface area (Å²) < 4.78 is 0. The van der Waals surface area contributed by atoms with Crippen LogP contribution in [0.3, 0.4) is 0 Å². The first kappa shape index (κ1) is 13.7. The van der Waals surface area contributed by atoms with Gasteiger partial charge in [0.05, 0.1) is 0 Å². The number of hydrogen-bond acceptors (Lipinski definition) is 1. The van der Waals surface area contributed by atoms with E-state index >= 15 is 0 Å². The third kappa shape index (κ3) is 7.11. The summed E-state index contributed by atoms with van der Waals surface area (Å²) in [6, 6.07) is 0. The maximum atomic E-state index is 11.6. The molecule has 84 valence electrons. The number of ketones is 1. The molecule has 0 rings (SSSR count). The van der Waals surface area contributed by atoms with Gasteiger partial charge in [0, 0.05) is 12.3 Å². The van der Waals surface area contributed by atoms with Crippen molar-refractivity contribution in [3.63, 3.8) is 0 Å². The molecule has 0 aliphatic rings. The molecule has 0 radical (unpaired) electrons. The third-order valence-electron chi connectivity index (χ3n) is 2.74. The summed E-state index contributed by atoms with van der Waals surface area (Å²) in [5.74, 6) is 1.53. The summed E-state index contributed by atoms with van der Waals surface area (Å²) in [5, 5.41) is 0. The van der Waals surface area contributed by atoms with Crippen LogP contribution in [0.2, 0.25) is 0 Å². The van der Waals surface area contributed by atoms with Crippen molar-refractivity contribution in [1.82, 2.24) is 0 Å². The van der Waals surface area contributed by atoms with Crippen LogP contribution < -0.4 is 0 Å². The fourth-order valence-electron chi connectivity index (χ4n) is 1.59. The number of carbonyl (C=O) groups is 1. The highest BCUT2D eigenvalue weighted by Crippen LogP contribution is 2.15. The van der Waals surface area contributed by atoms with E-state index < -0.39 is 0 Å². The Balaban J connectivity index is 3.51. The third-order valence-corrected chi connectivity index (χ3v) is 2.74. The molecule has 0 saturated heterocycles. The van der Waals surface area contributed by atoms with E-state index in [1.807, 2.05) is 0 Å². The molecule has 1 unspecified atom stereocenters. The van der Waals surface area contributed by atoms with E-state index in [1.165, 1.54) is 12.8 Å². The van der Waals surface area contributed by atoms with Gasteiger partial charge in [-0.05, 0) is 18.8 Å². The van der Waals surface area contributed by atoms with Gasteiger partial charge in [0.1, 0.15) is 5.78 Å². The predicted octanol–water partition coefficient (Wildman–Crippen LogP) is 4.21. The van der Waals surface area contributed by atoms with Gasteiger partial charge in [0.2, 0.25) is 0 Å². The quantitative estimate of drug-likeness (QED) is 0.571. The number of carbonyl (C=O) groups excluding carboxylic acids is 1.